The number of H-pyrrole nitrogens is 1. The maximum absolute atomic E-state index is 12.2. The fraction of sp³-hybridized carbons (Fsp3) is 0.333. The molecule has 7 nitrogen and oxygen atoms in total. The van der Waals surface area contributed by atoms with Gasteiger partial charge >= 0.3 is 5.69 Å². The largest absolute Gasteiger partial charge is 0.343 e. The normalized spacial score (nSPS) is 11.2. The Kier molecular flexibility index (Phi) is 5.06. The van der Waals surface area contributed by atoms with Gasteiger partial charge < -0.3 is 0 Å². The van der Waals surface area contributed by atoms with Crippen LogP contribution in [0.1, 0.15) is 25.5 Å². The lowest BCUT2D eigenvalue weighted by atomic mass is 10.3. The van der Waals surface area contributed by atoms with Gasteiger partial charge in [-0.3, -0.25) is 13.8 Å². The van der Waals surface area contributed by atoms with Crippen LogP contribution in [0, 0.1) is 0 Å². The molecule has 0 aromatic carbocycles. The summed E-state index contributed by atoms with van der Waals surface area (Å²) in [5.74, 6) is 0.449. The van der Waals surface area contributed by atoms with E-state index in [9.17, 15) is 9.59 Å². The number of hydrogen-bond donors (Lipinski definition) is 1. The van der Waals surface area contributed by atoms with Crippen LogP contribution in [0.2, 0.25) is 5.02 Å². The molecule has 126 valence electrons. The summed E-state index contributed by atoms with van der Waals surface area (Å²) >= 11 is 7.27. The van der Waals surface area contributed by atoms with Crippen molar-refractivity contribution in [2.75, 3.05) is 0 Å². The molecule has 0 spiro atoms. The fourth-order valence-corrected chi connectivity index (χ4v) is 3.29. The van der Waals surface area contributed by atoms with Gasteiger partial charge in [0.15, 0.2) is 5.16 Å². The number of unbranched alkanes of at least 4 members (excludes halogenated alkanes) is 1. The monoisotopic (exact) mass is 365 g/mol. The number of hydrogen-bond acceptors (Lipinski definition) is 5. The smallest absolute Gasteiger partial charge is 0.270 e. The maximum atomic E-state index is 12.2. The molecule has 0 bridgehead atoms. The van der Waals surface area contributed by atoms with E-state index in [1.54, 1.807) is 22.9 Å². The van der Waals surface area contributed by atoms with Gasteiger partial charge in [-0.05, 0) is 18.6 Å². The van der Waals surface area contributed by atoms with Gasteiger partial charge in [0.25, 0.3) is 5.56 Å². The van der Waals surface area contributed by atoms with Crippen LogP contribution < -0.4 is 11.2 Å². The van der Waals surface area contributed by atoms with Crippen LogP contribution >= 0.6 is 23.4 Å². The summed E-state index contributed by atoms with van der Waals surface area (Å²) in [6.45, 7) is 2.69. The minimum Gasteiger partial charge on any atom is -0.270 e. The van der Waals surface area contributed by atoms with Gasteiger partial charge in [-0.25, -0.2) is 14.9 Å². The molecule has 3 aromatic rings. The lowest BCUT2D eigenvalue weighted by molar-refractivity contribution is 0.573. The minimum atomic E-state index is -0.216. The maximum Gasteiger partial charge on any atom is 0.343 e. The lowest BCUT2D eigenvalue weighted by Crippen LogP contribution is -2.17. The third-order valence-electron chi connectivity index (χ3n) is 3.48. The van der Waals surface area contributed by atoms with Crippen LogP contribution in [0.25, 0.3) is 5.65 Å². The Bertz CT molecular complexity index is 978. The van der Waals surface area contributed by atoms with Crippen LogP contribution in [0.3, 0.4) is 0 Å². The molecule has 0 saturated heterocycles. The van der Waals surface area contributed by atoms with Crippen LogP contribution in [-0.2, 0) is 12.3 Å². The zero-order valence-corrected chi connectivity index (χ0v) is 14.6. The van der Waals surface area contributed by atoms with Gasteiger partial charge in [0.05, 0.1) is 10.7 Å². The van der Waals surface area contributed by atoms with Crippen molar-refractivity contribution in [3.05, 3.63) is 56.0 Å². The van der Waals surface area contributed by atoms with Crippen molar-refractivity contribution in [3.8, 4) is 0 Å². The van der Waals surface area contributed by atoms with Crippen molar-refractivity contribution in [1.29, 1.82) is 0 Å². The highest BCUT2D eigenvalue weighted by Crippen LogP contribution is 2.19. The molecule has 1 N–H and O–H groups in total. The number of nitrogens with zero attached hydrogens (tertiary/aromatic N) is 4. The Labute approximate surface area is 146 Å². The van der Waals surface area contributed by atoms with E-state index in [1.165, 1.54) is 22.2 Å². The molecule has 9 heteroatoms. The van der Waals surface area contributed by atoms with Gasteiger partial charge in [-0.15, -0.1) is 5.10 Å². The average Bonchev–Trinajstić information content (AvgIpc) is 2.91. The van der Waals surface area contributed by atoms with Crippen molar-refractivity contribution in [1.82, 2.24) is 24.1 Å². The lowest BCUT2D eigenvalue weighted by Gasteiger charge is -2.06. The Hall–Kier alpha value is -2.06. The summed E-state index contributed by atoms with van der Waals surface area (Å²) in [4.78, 5) is 28.4. The van der Waals surface area contributed by atoms with E-state index in [0.29, 0.717) is 33.8 Å². The Morgan fingerprint density at radius 3 is 2.96 bits per heavy atom. The van der Waals surface area contributed by atoms with Gasteiger partial charge in [0, 0.05) is 24.6 Å². The molecule has 3 rings (SSSR count). The molecule has 3 aromatic heterocycles. The van der Waals surface area contributed by atoms with E-state index in [2.05, 4.69) is 22.1 Å². The summed E-state index contributed by atoms with van der Waals surface area (Å²) in [7, 11) is 0. The van der Waals surface area contributed by atoms with Crippen molar-refractivity contribution in [3.63, 3.8) is 0 Å². The van der Waals surface area contributed by atoms with Crippen molar-refractivity contribution >= 4 is 29.0 Å². The summed E-state index contributed by atoms with van der Waals surface area (Å²) in [6.07, 6.45) is 3.44. The summed E-state index contributed by atoms with van der Waals surface area (Å²) < 4.78 is 3.02. The molecule has 24 heavy (non-hydrogen) atoms. The first-order valence-electron chi connectivity index (χ1n) is 7.54. The van der Waals surface area contributed by atoms with Gasteiger partial charge in [0.2, 0.25) is 0 Å². The molecule has 0 fully saturated rings. The third kappa shape index (κ3) is 3.54. The highest BCUT2D eigenvalue weighted by Gasteiger charge is 2.10. The number of halogens is 1. The number of fused-ring (bicyclic) bond motifs is 1. The topological polar surface area (TPSA) is 85.0 Å². The molecule has 0 aliphatic carbocycles. The molecule has 3 heterocycles. The van der Waals surface area contributed by atoms with Gasteiger partial charge in [-0.2, -0.15) is 0 Å². The first-order valence-corrected chi connectivity index (χ1v) is 8.90. The highest BCUT2D eigenvalue weighted by atomic mass is 35.5. The first kappa shape index (κ1) is 16.8. The van der Waals surface area contributed by atoms with Crippen LogP contribution in [-0.4, -0.2) is 24.1 Å². The summed E-state index contributed by atoms with van der Waals surface area (Å²) in [5, 5.41) is 7.59. The number of pyridine rings is 1. The predicted octanol–water partition coefficient (Wildman–Crippen LogP) is 2.33. The van der Waals surface area contributed by atoms with Gasteiger partial charge in [-0.1, -0.05) is 36.7 Å². The second-order valence-corrected chi connectivity index (χ2v) is 6.65. The molecular formula is C15H16ClN5O2S. The first-order chi connectivity index (χ1) is 11.6. The SMILES string of the molecule is CCCCn1c(SCc2cc(=O)n3cc(Cl)ccc3n2)n[nH]c1=O. The third-order valence-corrected chi connectivity index (χ3v) is 4.72. The Morgan fingerprint density at radius 2 is 2.17 bits per heavy atom. The molecule has 0 unspecified atom stereocenters. The molecule has 0 aliphatic rings. The molecule has 0 amide bonds. The number of nitrogens with one attached hydrogen (secondary N) is 1. The van der Waals surface area contributed by atoms with E-state index in [0.717, 1.165) is 12.8 Å². The molecule has 0 radical (unpaired) electrons. The van der Waals surface area contributed by atoms with Crippen LogP contribution in [0.4, 0.5) is 0 Å². The Balaban J connectivity index is 1.83. The van der Waals surface area contributed by atoms with E-state index >= 15 is 0 Å². The Morgan fingerprint density at radius 1 is 1.33 bits per heavy atom. The van der Waals surface area contributed by atoms with E-state index < -0.39 is 0 Å². The van der Waals surface area contributed by atoms with E-state index in [-0.39, 0.29) is 11.2 Å². The zero-order valence-electron chi connectivity index (χ0n) is 13.0. The summed E-state index contributed by atoms with van der Waals surface area (Å²) in [6, 6.07) is 4.86. The average molecular weight is 366 g/mol. The number of aromatic amines is 1. The van der Waals surface area contributed by atoms with Crippen LogP contribution in [0.5, 0.6) is 0 Å². The zero-order chi connectivity index (χ0) is 17.1. The van der Waals surface area contributed by atoms with Crippen LogP contribution in [0.15, 0.2) is 39.1 Å². The van der Waals surface area contributed by atoms with Crippen molar-refractivity contribution in [2.24, 2.45) is 0 Å². The number of rotatable bonds is 6. The molecule has 0 aliphatic heterocycles. The highest BCUT2D eigenvalue weighted by molar-refractivity contribution is 7.98. The molecule has 0 atom stereocenters. The van der Waals surface area contributed by atoms with E-state index in [1.807, 2.05) is 0 Å². The van der Waals surface area contributed by atoms with Crippen molar-refractivity contribution < 1.29 is 0 Å². The standard InChI is InChI=1S/C15H16ClN5O2S/c1-2-3-6-20-14(23)18-19-15(20)24-9-11-7-13(22)21-8-10(16)4-5-12(21)17-11/h4-5,7-8H,2-3,6,9H2,1H3,(H,18,23). The van der Waals surface area contributed by atoms with Crippen molar-refractivity contribution in [2.45, 2.75) is 37.2 Å². The molecular weight excluding hydrogens is 350 g/mol. The predicted molar refractivity (Wildman–Crippen MR) is 93.8 cm³/mol. The second kappa shape index (κ2) is 7.23. The van der Waals surface area contributed by atoms with Gasteiger partial charge in [0.1, 0.15) is 5.65 Å². The quantitative estimate of drug-likeness (QED) is 0.677. The fourth-order valence-electron chi connectivity index (χ4n) is 2.27. The summed E-state index contributed by atoms with van der Waals surface area (Å²) in [5.41, 5.74) is 0.758. The number of thioether (sulfide) groups is 1. The number of aromatic nitrogens is 5. The second-order valence-electron chi connectivity index (χ2n) is 5.27. The molecule has 0 saturated carbocycles. The minimum absolute atomic E-state index is 0.191. The van der Waals surface area contributed by atoms with E-state index in [4.69, 9.17) is 11.6 Å².